The number of carbonyl (C=O) groups is 2. The third kappa shape index (κ3) is 7.07. The number of ether oxygens (including phenoxy) is 1. The van der Waals surface area contributed by atoms with Crippen LogP contribution in [0, 0.1) is 0 Å². The van der Waals surface area contributed by atoms with E-state index < -0.39 is 0 Å². The summed E-state index contributed by atoms with van der Waals surface area (Å²) in [6.07, 6.45) is 0. The SMILES string of the molecule is CCOc1ccc(-c2nc(CSCC(=O)Nc3ccc(C(=O)N(CC)CC)cc3)cs2)cc1. The van der Waals surface area contributed by atoms with E-state index in [0.717, 1.165) is 22.0 Å². The predicted octanol–water partition coefficient (Wildman–Crippen LogP) is 5.56. The van der Waals surface area contributed by atoms with Crippen molar-refractivity contribution in [3.8, 4) is 16.3 Å². The number of thiazole rings is 1. The summed E-state index contributed by atoms with van der Waals surface area (Å²) in [5.74, 6) is 1.77. The second-order valence-electron chi connectivity index (χ2n) is 7.20. The topological polar surface area (TPSA) is 71.5 Å². The first-order valence-electron chi connectivity index (χ1n) is 11.0. The first-order chi connectivity index (χ1) is 16.0. The Balaban J connectivity index is 1.45. The zero-order valence-electron chi connectivity index (χ0n) is 19.2. The summed E-state index contributed by atoms with van der Waals surface area (Å²) in [5, 5.41) is 5.87. The fraction of sp³-hybridized carbons (Fsp3) is 0.320. The molecular formula is C25H29N3O3S2. The van der Waals surface area contributed by atoms with Crippen LogP contribution in [0.15, 0.2) is 53.9 Å². The Kier molecular flexibility index (Phi) is 9.33. The van der Waals surface area contributed by atoms with Gasteiger partial charge in [0, 0.05) is 41.0 Å². The summed E-state index contributed by atoms with van der Waals surface area (Å²) in [4.78, 5) is 31.1. The molecule has 0 aliphatic carbocycles. The molecule has 0 aliphatic rings. The summed E-state index contributed by atoms with van der Waals surface area (Å²) in [7, 11) is 0. The van der Waals surface area contributed by atoms with Gasteiger partial charge in [-0.15, -0.1) is 23.1 Å². The van der Waals surface area contributed by atoms with Crippen molar-refractivity contribution in [2.45, 2.75) is 26.5 Å². The van der Waals surface area contributed by atoms with Gasteiger partial charge in [-0.2, -0.15) is 0 Å². The molecule has 0 saturated carbocycles. The number of nitrogens with zero attached hydrogens (tertiary/aromatic N) is 2. The molecule has 0 bridgehead atoms. The highest BCUT2D eigenvalue weighted by molar-refractivity contribution is 7.99. The lowest BCUT2D eigenvalue weighted by Gasteiger charge is -2.18. The number of aromatic nitrogens is 1. The lowest BCUT2D eigenvalue weighted by Crippen LogP contribution is -2.30. The number of carbonyl (C=O) groups excluding carboxylic acids is 2. The molecule has 8 heteroatoms. The average Bonchev–Trinajstić information content (AvgIpc) is 3.30. The Labute approximate surface area is 203 Å². The predicted molar refractivity (Wildman–Crippen MR) is 137 cm³/mol. The van der Waals surface area contributed by atoms with Crippen molar-refractivity contribution in [3.63, 3.8) is 0 Å². The van der Waals surface area contributed by atoms with Crippen LogP contribution < -0.4 is 10.1 Å². The van der Waals surface area contributed by atoms with Crippen LogP contribution in [0.3, 0.4) is 0 Å². The van der Waals surface area contributed by atoms with Crippen LogP contribution in [0.25, 0.3) is 10.6 Å². The van der Waals surface area contributed by atoms with E-state index in [1.165, 1.54) is 11.8 Å². The third-order valence-electron chi connectivity index (χ3n) is 4.91. The minimum absolute atomic E-state index is 0.00120. The molecular weight excluding hydrogens is 454 g/mol. The first kappa shape index (κ1) is 24.8. The van der Waals surface area contributed by atoms with Crippen LogP contribution in [0.4, 0.5) is 5.69 Å². The molecule has 33 heavy (non-hydrogen) atoms. The van der Waals surface area contributed by atoms with Crippen LogP contribution in [0.1, 0.15) is 36.8 Å². The van der Waals surface area contributed by atoms with E-state index in [1.807, 2.05) is 50.4 Å². The van der Waals surface area contributed by atoms with Gasteiger partial charge in [-0.25, -0.2) is 4.98 Å². The molecule has 3 aromatic rings. The van der Waals surface area contributed by atoms with Gasteiger partial charge in [-0.05, 0) is 69.3 Å². The van der Waals surface area contributed by atoms with E-state index in [0.29, 0.717) is 42.5 Å². The molecule has 0 unspecified atom stereocenters. The zero-order valence-corrected chi connectivity index (χ0v) is 20.8. The molecule has 1 heterocycles. The minimum atomic E-state index is -0.0789. The van der Waals surface area contributed by atoms with Gasteiger partial charge >= 0.3 is 0 Å². The molecule has 2 amide bonds. The van der Waals surface area contributed by atoms with Crippen molar-refractivity contribution in [3.05, 3.63) is 65.2 Å². The summed E-state index contributed by atoms with van der Waals surface area (Å²) < 4.78 is 5.48. The van der Waals surface area contributed by atoms with E-state index in [9.17, 15) is 9.59 Å². The van der Waals surface area contributed by atoms with Crippen molar-refractivity contribution in [1.82, 2.24) is 9.88 Å². The van der Waals surface area contributed by atoms with E-state index in [4.69, 9.17) is 4.74 Å². The van der Waals surface area contributed by atoms with Crippen LogP contribution in [-0.4, -0.2) is 47.1 Å². The third-order valence-corrected chi connectivity index (χ3v) is 6.82. The summed E-state index contributed by atoms with van der Waals surface area (Å²) in [6, 6.07) is 15.0. The molecule has 6 nitrogen and oxygen atoms in total. The first-order valence-corrected chi connectivity index (χ1v) is 13.0. The smallest absolute Gasteiger partial charge is 0.253 e. The zero-order chi connectivity index (χ0) is 23.6. The van der Waals surface area contributed by atoms with Gasteiger partial charge in [0.05, 0.1) is 18.1 Å². The van der Waals surface area contributed by atoms with Crippen molar-refractivity contribution < 1.29 is 14.3 Å². The number of nitrogens with one attached hydrogen (secondary N) is 1. The van der Waals surface area contributed by atoms with E-state index in [1.54, 1.807) is 40.5 Å². The molecule has 0 atom stereocenters. The van der Waals surface area contributed by atoms with Crippen LogP contribution in [-0.2, 0) is 10.5 Å². The standard InChI is InChI=1S/C25H29N3O3S2/c1-4-28(5-2)25(30)19-7-11-20(12-8-19)26-23(29)17-32-15-21-16-33-24(27-21)18-9-13-22(14-10-18)31-6-3/h7-14,16H,4-6,15,17H2,1-3H3,(H,26,29). The molecule has 1 aromatic heterocycles. The van der Waals surface area contributed by atoms with Gasteiger partial charge < -0.3 is 15.0 Å². The van der Waals surface area contributed by atoms with Crippen molar-refractivity contribution in [2.24, 2.45) is 0 Å². The highest BCUT2D eigenvalue weighted by Crippen LogP contribution is 2.27. The quantitative estimate of drug-likeness (QED) is 0.386. The second-order valence-corrected chi connectivity index (χ2v) is 9.04. The normalized spacial score (nSPS) is 10.6. The number of thioether (sulfide) groups is 1. The van der Waals surface area contributed by atoms with Crippen LogP contribution >= 0.6 is 23.1 Å². The Morgan fingerprint density at radius 2 is 1.73 bits per heavy atom. The minimum Gasteiger partial charge on any atom is -0.494 e. The molecule has 1 N–H and O–H groups in total. The molecule has 2 aromatic carbocycles. The monoisotopic (exact) mass is 483 g/mol. The van der Waals surface area contributed by atoms with Crippen molar-refractivity contribution >= 4 is 40.6 Å². The number of hydrogen-bond acceptors (Lipinski definition) is 6. The van der Waals surface area contributed by atoms with Gasteiger partial charge in [-0.1, -0.05) is 0 Å². The number of hydrogen-bond donors (Lipinski definition) is 1. The van der Waals surface area contributed by atoms with Crippen LogP contribution in [0.2, 0.25) is 0 Å². The van der Waals surface area contributed by atoms with E-state index in [-0.39, 0.29) is 11.8 Å². The van der Waals surface area contributed by atoms with E-state index >= 15 is 0 Å². The lowest BCUT2D eigenvalue weighted by molar-refractivity contribution is -0.113. The Hall–Kier alpha value is -2.84. The molecule has 0 aliphatic heterocycles. The molecule has 0 fully saturated rings. The number of anilines is 1. The van der Waals surface area contributed by atoms with E-state index in [2.05, 4.69) is 10.3 Å². The maximum Gasteiger partial charge on any atom is 0.253 e. The number of amides is 2. The van der Waals surface area contributed by atoms with Crippen molar-refractivity contribution in [1.29, 1.82) is 0 Å². The lowest BCUT2D eigenvalue weighted by atomic mass is 10.2. The Morgan fingerprint density at radius 3 is 2.36 bits per heavy atom. The van der Waals surface area contributed by atoms with Gasteiger partial charge in [0.25, 0.3) is 5.91 Å². The molecule has 174 valence electrons. The fourth-order valence-electron chi connectivity index (χ4n) is 3.20. The highest BCUT2D eigenvalue weighted by Gasteiger charge is 2.12. The summed E-state index contributed by atoms with van der Waals surface area (Å²) in [5.41, 5.74) is 3.32. The molecule has 0 radical (unpaired) electrons. The maximum atomic E-state index is 12.4. The number of benzene rings is 2. The molecule has 3 rings (SSSR count). The fourth-order valence-corrected chi connectivity index (χ4v) is 4.85. The Bertz CT molecular complexity index is 1050. The van der Waals surface area contributed by atoms with Gasteiger partial charge in [0.15, 0.2) is 0 Å². The second kappa shape index (κ2) is 12.4. The van der Waals surface area contributed by atoms with Gasteiger partial charge in [-0.3, -0.25) is 9.59 Å². The van der Waals surface area contributed by atoms with Crippen LogP contribution in [0.5, 0.6) is 5.75 Å². The van der Waals surface area contributed by atoms with Gasteiger partial charge in [0.2, 0.25) is 5.91 Å². The highest BCUT2D eigenvalue weighted by atomic mass is 32.2. The van der Waals surface area contributed by atoms with Crippen molar-refractivity contribution in [2.75, 3.05) is 30.8 Å². The molecule has 0 spiro atoms. The largest absolute Gasteiger partial charge is 0.494 e. The number of rotatable bonds is 11. The summed E-state index contributed by atoms with van der Waals surface area (Å²) >= 11 is 3.12. The average molecular weight is 484 g/mol. The van der Waals surface area contributed by atoms with Gasteiger partial charge in [0.1, 0.15) is 10.8 Å². The molecule has 0 saturated heterocycles. The maximum absolute atomic E-state index is 12.4. The Morgan fingerprint density at radius 1 is 1.03 bits per heavy atom. The summed E-state index contributed by atoms with van der Waals surface area (Å²) in [6.45, 7) is 7.87.